The van der Waals surface area contributed by atoms with Crippen LogP contribution in [0.5, 0.6) is 0 Å². The summed E-state index contributed by atoms with van der Waals surface area (Å²) in [4.78, 5) is 11.4. The first-order chi connectivity index (χ1) is 8.56. The minimum absolute atomic E-state index is 0.280. The number of carbonyl (C=O) groups is 1. The van der Waals surface area contributed by atoms with Gasteiger partial charge in [0, 0.05) is 0 Å². The molecule has 0 aliphatic heterocycles. The quantitative estimate of drug-likeness (QED) is 0.620. The Morgan fingerprint density at radius 1 is 1.22 bits per heavy atom. The number of hydrogen-bond acceptors (Lipinski definition) is 5. The lowest BCUT2D eigenvalue weighted by atomic mass is 10.1. The summed E-state index contributed by atoms with van der Waals surface area (Å²) in [6, 6.07) is 8.04. The van der Waals surface area contributed by atoms with Crippen molar-refractivity contribution >= 4 is 5.97 Å². The van der Waals surface area contributed by atoms with Gasteiger partial charge in [0.25, 0.3) is 0 Å². The van der Waals surface area contributed by atoms with E-state index >= 15 is 0 Å². The van der Waals surface area contributed by atoms with Gasteiger partial charge < -0.3 is 20.1 Å². The summed E-state index contributed by atoms with van der Waals surface area (Å²) < 4.78 is 17.9. The zero-order valence-corrected chi connectivity index (χ0v) is 9.57. The highest BCUT2D eigenvalue weighted by Crippen LogP contribution is 2.07. The van der Waals surface area contributed by atoms with Crippen LogP contribution in [0, 0.1) is 0 Å². The molecule has 0 spiro atoms. The van der Waals surface area contributed by atoms with Crippen LogP contribution in [0.1, 0.15) is 10.4 Å². The van der Waals surface area contributed by atoms with Crippen LogP contribution in [0.25, 0.3) is 0 Å². The van der Waals surface area contributed by atoms with E-state index < -0.39 is 37.6 Å². The number of benzene rings is 1. The van der Waals surface area contributed by atoms with Crippen molar-refractivity contribution in [3.8, 4) is 0 Å². The SMILES string of the molecule is O=C(OC[C@H](O)C(F)C(O)CO)c1ccccc1. The number of aliphatic hydroxyl groups excluding tert-OH is 3. The second kappa shape index (κ2) is 7.05. The van der Waals surface area contributed by atoms with Crippen molar-refractivity contribution < 1.29 is 29.2 Å². The molecule has 18 heavy (non-hydrogen) atoms. The van der Waals surface area contributed by atoms with E-state index in [2.05, 4.69) is 4.74 Å². The molecule has 0 aliphatic carbocycles. The van der Waals surface area contributed by atoms with Gasteiger partial charge in [-0.15, -0.1) is 0 Å². The molecule has 3 atom stereocenters. The molecule has 2 unspecified atom stereocenters. The Bertz CT molecular complexity index is 370. The van der Waals surface area contributed by atoms with Crippen molar-refractivity contribution in [1.29, 1.82) is 0 Å². The highest BCUT2D eigenvalue weighted by atomic mass is 19.1. The monoisotopic (exact) mass is 258 g/mol. The predicted molar refractivity (Wildman–Crippen MR) is 60.7 cm³/mol. The zero-order valence-electron chi connectivity index (χ0n) is 9.57. The first-order valence-electron chi connectivity index (χ1n) is 5.39. The van der Waals surface area contributed by atoms with Crippen LogP contribution in [0.2, 0.25) is 0 Å². The lowest BCUT2D eigenvalue weighted by Gasteiger charge is -2.19. The Kier molecular flexibility index (Phi) is 5.70. The topological polar surface area (TPSA) is 87.0 Å². The van der Waals surface area contributed by atoms with Crippen molar-refractivity contribution in [2.24, 2.45) is 0 Å². The predicted octanol–water partition coefficient (Wildman–Crippen LogP) is -0.104. The minimum Gasteiger partial charge on any atom is -0.459 e. The fraction of sp³-hybridized carbons (Fsp3) is 0.417. The van der Waals surface area contributed by atoms with Gasteiger partial charge in [0.05, 0.1) is 12.2 Å². The fourth-order valence-corrected chi connectivity index (χ4v) is 1.27. The molecule has 0 bridgehead atoms. The average Bonchev–Trinajstić information content (AvgIpc) is 2.43. The van der Waals surface area contributed by atoms with Gasteiger partial charge in [0.15, 0.2) is 6.17 Å². The molecular formula is C12H15FO5. The average molecular weight is 258 g/mol. The lowest BCUT2D eigenvalue weighted by molar-refractivity contribution is -0.0567. The van der Waals surface area contributed by atoms with Gasteiger partial charge in [-0.05, 0) is 12.1 Å². The van der Waals surface area contributed by atoms with E-state index in [1.807, 2.05) is 0 Å². The molecule has 1 aromatic rings. The second-order valence-electron chi connectivity index (χ2n) is 3.73. The molecule has 0 aromatic heterocycles. The van der Waals surface area contributed by atoms with Gasteiger partial charge in [0.2, 0.25) is 0 Å². The van der Waals surface area contributed by atoms with Crippen LogP contribution in [0.3, 0.4) is 0 Å². The summed E-state index contributed by atoms with van der Waals surface area (Å²) >= 11 is 0. The largest absolute Gasteiger partial charge is 0.459 e. The standard InChI is InChI=1S/C12H15FO5/c13-11(9(15)6-14)10(16)7-18-12(17)8-4-2-1-3-5-8/h1-5,9-11,14-16H,6-7H2/t9?,10-,11?/m0/s1. The number of rotatable bonds is 6. The van der Waals surface area contributed by atoms with Gasteiger partial charge in [-0.1, -0.05) is 18.2 Å². The smallest absolute Gasteiger partial charge is 0.338 e. The fourth-order valence-electron chi connectivity index (χ4n) is 1.27. The summed E-state index contributed by atoms with van der Waals surface area (Å²) in [6.07, 6.45) is -5.45. The minimum atomic E-state index is -2.07. The van der Waals surface area contributed by atoms with Gasteiger partial charge >= 0.3 is 5.97 Å². The normalized spacial score (nSPS) is 15.8. The van der Waals surface area contributed by atoms with Crippen molar-refractivity contribution in [3.63, 3.8) is 0 Å². The molecule has 100 valence electrons. The third-order valence-electron chi connectivity index (χ3n) is 2.32. The van der Waals surface area contributed by atoms with Crippen LogP contribution >= 0.6 is 0 Å². The summed E-state index contributed by atoms with van der Waals surface area (Å²) in [5, 5.41) is 26.7. The number of carbonyl (C=O) groups excluding carboxylic acids is 1. The van der Waals surface area contributed by atoms with Gasteiger partial charge in [-0.3, -0.25) is 0 Å². The van der Waals surface area contributed by atoms with E-state index in [-0.39, 0.29) is 5.56 Å². The molecule has 0 heterocycles. The highest BCUT2D eigenvalue weighted by Gasteiger charge is 2.27. The maximum Gasteiger partial charge on any atom is 0.338 e. The van der Waals surface area contributed by atoms with E-state index in [9.17, 15) is 14.3 Å². The van der Waals surface area contributed by atoms with Crippen LogP contribution in [-0.2, 0) is 4.74 Å². The van der Waals surface area contributed by atoms with Gasteiger partial charge in [0.1, 0.15) is 18.8 Å². The molecule has 5 nitrogen and oxygen atoms in total. The lowest BCUT2D eigenvalue weighted by Crippen LogP contribution is -2.39. The van der Waals surface area contributed by atoms with Crippen molar-refractivity contribution in [3.05, 3.63) is 35.9 Å². The molecular weight excluding hydrogens is 243 g/mol. The Labute approximate surface area is 103 Å². The van der Waals surface area contributed by atoms with Crippen LogP contribution in [-0.4, -0.2) is 52.9 Å². The molecule has 0 fully saturated rings. The maximum atomic E-state index is 13.2. The van der Waals surface area contributed by atoms with E-state index in [1.54, 1.807) is 18.2 Å². The van der Waals surface area contributed by atoms with E-state index in [0.29, 0.717) is 0 Å². The van der Waals surface area contributed by atoms with Crippen LogP contribution in [0.4, 0.5) is 4.39 Å². The number of esters is 1. The number of aliphatic hydroxyl groups is 3. The zero-order chi connectivity index (χ0) is 13.5. The van der Waals surface area contributed by atoms with Crippen molar-refractivity contribution in [2.45, 2.75) is 18.4 Å². The van der Waals surface area contributed by atoms with E-state index in [4.69, 9.17) is 10.2 Å². The van der Waals surface area contributed by atoms with Crippen molar-refractivity contribution in [2.75, 3.05) is 13.2 Å². The molecule has 1 aromatic carbocycles. The van der Waals surface area contributed by atoms with E-state index in [1.165, 1.54) is 12.1 Å². The first-order valence-corrected chi connectivity index (χ1v) is 5.39. The summed E-state index contributed by atoms with van der Waals surface area (Å²) in [6.45, 7) is -1.41. The molecule has 0 amide bonds. The Morgan fingerprint density at radius 2 is 1.83 bits per heavy atom. The molecule has 0 saturated heterocycles. The van der Waals surface area contributed by atoms with Crippen molar-refractivity contribution in [1.82, 2.24) is 0 Å². The van der Waals surface area contributed by atoms with E-state index in [0.717, 1.165) is 0 Å². The second-order valence-corrected chi connectivity index (χ2v) is 3.73. The molecule has 6 heteroatoms. The highest BCUT2D eigenvalue weighted by molar-refractivity contribution is 5.89. The third kappa shape index (κ3) is 4.06. The Balaban J connectivity index is 2.43. The molecule has 3 N–H and O–H groups in total. The number of ether oxygens (including phenoxy) is 1. The number of halogens is 1. The summed E-state index contributed by atoms with van der Waals surface area (Å²) in [5.41, 5.74) is 0.280. The molecule has 0 radical (unpaired) electrons. The molecule has 1 rings (SSSR count). The number of alkyl halides is 1. The summed E-state index contributed by atoms with van der Waals surface area (Å²) in [7, 11) is 0. The van der Waals surface area contributed by atoms with Gasteiger partial charge in [-0.25, -0.2) is 9.18 Å². The third-order valence-corrected chi connectivity index (χ3v) is 2.32. The molecule has 0 aliphatic rings. The Hall–Kier alpha value is -1.50. The summed E-state index contributed by atoms with van der Waals surface area (Å²) in [5.74, 6) is -0.694. The maximum absolute atomic E-state index is 13.2. The first kappa shape index (κ1) is 14.6. The van der Waals surface area contributed by atoms with Crippen LogP contribution < -0.4 is 0 Å². The van der Waals surface area contributed by atoms with Crippen LogP contribution in [0.15, 0.2) is 30.3 Å². The number of hydrogen-bond donors (Lipinski definition) is 3. The molecule has 0 saturated carbocycles. The van der Waals surface area contributed by atoms with Gasteiger partial charge in [-0.2, -0.15) is 0 Å². The Morgan fingerprint density at radius 3 is 2.39 bits per heavy atom.